The highest BCUT2D eigenvalue weighted by Gasteiger charge is 2.22. The standard InChI is InChI=1S/C18H25ClN2O5/c1-18(2,3)26-13-7-5-12(6-8-13)9-14(17(24)25-4)21-16(23)11-20-15(22)10-19/h5-8,14H,9-11H2,1-4H3,(H,20,22)(H,21,23)/t14-/m0/s1. The van der Waals surface area contributed by atoms with Crippen LogP contribution in [-0.4, -0.2) is 49.0 Å². The lowest BCUT2D eigenvalue weighted by Crippen LogP contribution is -2.47. The summed E-state index contributed by atoms with van der Waals surface area (Å²) in [7, 11) is 1.25. The number of carbonyl (C=O) groups is 3. The van der Waals surface area contributed by atoms with Crippen LogP contribution < -0.4 is 15.4 Å². The van der Waals surface area contributed by atoms with Crippen LogP contribution in [0.2, 0.25) is 0 Å². The van der Waals surface area contributed by atoms with Crippen molar-refractivity contribution in [3.05, 3.63) is 29.8 Å². The molecule has 0 aliphatic heterocycles. The number of benzene rings is 1. The Balaban J connectivity index is 2.71. The fourth-order valence-electron chi connectivity index (χ4n) is 2.09. The van der Waals surface area contributed by atoms with Gasteiger partial charge in [0.15, 0.2) is 0 Å². The Morgan fingerprint density at radius 3 is 2.23 bits per heavy atom. The first kappa shape index (κ1) is 21.8. The van der Waals surface area contributed by atoms with E-state index in [0.29, 0.717) is 5.75 Å². The van der Waals surface area contributed by atoms with E-state index in [0.717, 1.165) is 5.56 Å². The Morgan fingerprint density at radius 1 is 1.12 bits per heavy atom. The van der Waals surface area contributed by atoms with Gasteiger partial charge in [0, 0.05) is 6.42 Å². The monoisotopic (exact) mass is 384 g/mol. The summed E-state index contributed by atoms with van der Waals surface area (Å²) in [6.07, 6.45) is 0.248. The maximum Gasteiger partial charge on any atom is 0.328 e. The van der Waals surface area contributed by atoms with E-state index >= 15 is 0 Å². The van der Waals surface area contributed by atoms with Gasteiger partial charge in [0.2, 0.25) is 11.8 Å². The van der Waals surface area contributed by atoms with Crippen LogP contribution in [0, 0.1) is 0 Å². The summed E-state index contributed by atoms with van der Waals surface area (Å²) in [6, 6.07) is 6.38. The Morgan fingerprint density at radius 2 is 1.73 bits per heavy atom. The molecule has 26 heavy (non-hydrogen) atoms. The quantitative estimate of drug-likeness (QED) is 0.522. The molecule has 1 atom stereocenters. The zero-order valence-electron chi connectivity index (χ0n) is 15.4. The number of esters is 1. The molecule has 0 saturated carbocycles. The highest BCUT2D eigenvalue weighted by molar-refractivity contribution is 6.27. The molecule has 0 spiro atoms. The van der Waals surface area contributed by atoms with E-state index in [4.69, 9.17) is 21.1 Å². The first-order chi connectivity index (χ1) is 12.1. The molecule has 1 aromatic rings. The highest BCUT2D eigenvalue weighted by atomic mass is 35.5. The van der Waals surface area contributed by atoms with Crippen molar-refractivity contribution < 1.29 is 23.9 Å². The van der Waals surface area contributed by atoms with Gasteiger partial charge < -0.3 is 20.1 Å². The van der Waals surface area contributed by atoms with Crippen molar-refractivity contribution in [1.29, 1.82) is 0 Å². The predicted molar refractivity (Wildman–Crippen MR) is 98.2 cm³/mol. The number of alkyl halides is 1. The van der Waals surface area contributed by atoms with E-state index in [1.54, 1.807) is 12.1 Å². The molecular formula is C18H25ClN2O5. The summed E-state index contributed by atoms with van der Waals surface area (Å²) < 4.78 is 10.5. The minimum Gasteiger partial charge on any atom is -0.488 e. The van der Waals surface area contributed by atoms with E-state index in [1.807, 2.05) is 32.9 Å². The van der Waals surface area contributed by atoms with Gasteiger partial charge in [-0.2, -0.15) is 0 Å². The topological polar surface area (TPSA) is 93.7 Å². The third-order valence-electron chi connectivity index (χ3n) is 3.18. The zero-order chi connectivity index (χ0) is 19.7. The van der Waals surface area contributed by atoms with E-state index in [-0.39, 0.29) is 24.4 Å². The number of amides is 2. The molecule has 0 aliphatic rings. The van der Waals surface area contributed by atoms with Crippen LogP contribution in [0.15, 0.2) is 24.3 Å². The SMILES string of the molecule is COC(=O)[C@H](Cc1ccc(OC(C)(C)C)cc1)NC(=O)CNC(=O)CCl. The number of nitrogens with one attached hydrogen (secondary N) is 2. The van der Waals surface area contributed by atoms with Gasteiger partial charge >= 0.3 is 5.97 Å². The van der Waals surface area contributed by atoms with Gasteiger partial charge in [-0.05, 0) is 38.5 Å². The molecule has 1 aromatic carbocycles. The van der Waals surface area contributed by atoms with Crippen molar-refractivity contribution in [2.75, 3.05) is 19.5 Å². The number of carbonyl (C=O) groups excluding carboxylic acids is 3. The summed E-state index contributed by atoms with van der Waals surface area (Å²) in [5.41, 5.74) is 0.518. The molecule has 0 fully saturated rings. The second-order valence-corrected chi connectivity index (χ2v) is 6.88. The molecule has 0 unspecified atom stereocenters. The first-order valence-electron chi connectivity index (χ1n) is 8.12. The van der Waals surface area contributed by atoms with Crippen LogP contribution >= 0.6 is 11.6 Å². The van der Waals surface area contributed by atoms with Crippen LogP contribution in [0.5, 0.6) is 5.75 Å². The van der Waals surface area contributed by atoms with Crippen LogP contribution in [0.4, 0.5) is 0 Å². The molecule has 0 saturated heterocycles. The van der Waals surface area contributed by atoms with Gasteiger partial charge in [-0.25, -0.2) is 4.79 Å². The number of hydrogen-bond acceptors (Lipinski definition) is 5. The lowest BCUT2D eigenvalue weighted by atomic mass is 10.1. The van der Waals surface area contributed by atoms with Crippen molar-refractivity contribution in [3.63, 3.8) is 0 Å². The van der Waals surface area contributed by atoms with E-state index in [1.165, 1.54) is 7.11 Å². The smallest absolute Gasteiger partial charge is 0.328 e. The van der Waals surface area contributed by atoms with Crippen LogP contribution in [0.3, 0.4) is 0 Å². The number of ether oxygens (including phenoxy) is 2. The van der Waals surface area contributed by atoms with Gasteiger partial charge in [0.05, 0.1) is 13.7 Å². The average Bonchev–Trinajstić information content (AvgIpc) is 2.58. The molecule has 0 aromatic heterocycles. The molecule has 0 radical (unpaired) electrons. The molecule has 8 heteroatoms. The number of hydrogen-bond donors (Lipinski definition) is 2. The number of rotatable bonds is 8. The van der Waals surface area contributed by atoms with E-state index < -0.39 is 23.8 Å². The maximum atomic E-state index is 11.9. The normalized spacial score (nSPS) is 12.0. The molecule has 144 valence electrons. The highest BCUT2D eigenvalue weighted by Crippen LogP contribution is 2.19. The van der Waals surface area contributed by atoms with Gasteiger partial charge in [0.1, 0.15) is 23.3 Å². The summed E-state index contributed by atoms with van der Waals surface area (Å²) in [5.74, 6) is -1.07. The Labute approximate surface area is 158 Å². The maximum absolute atomic E-state index is 11.9. The summed E-state index contributed by atoms with van der Waals surface area (Å²) in [4.78, 5) is 34.9. The summed E-state index contributed by atoms with van der Waals surface area (Å²) in [6.45, 7) is 5.59. The fraction of sp³-hybridized carbons (Fsp3) is 0.500. The second kappa shape index (κ2) is 10.0. The Bertz CT molecular complexity index is 625. The molecular weight excluding hydrogens is 360 g/mol. The summed E-state index contributed by atoms with van der Waals surface area (Å²) >= 11 is 5.35. The van der Waals surface area contributed by atoms with Gasteiger partial charge in [-0.1, -0.05) is 12.1 Å². The average molecular weight is 385 g/mol. The third-order valence-corrected chi connectivity index (χ3v) is 3.42. The van der Waals surface area contributed by atoms with Crippen LogP contribution in [0.1, 0.15) is 26.3 Å². The third kappa shape index (κ3) is 8.20. The Kier molecular flexibility index (Phi) is 8.38. The lowest BCUT2D eigenvalue weighted by molar-refractivity contribution is -0.144. The molecule has 0 bridgehead atoms. The fourth-order valence-corrected chi connectivity index (χ4v) is 2.18. The van der Waals surface area contributed by atoms with Crippen molar-refractivity contribution in [2.24, 2.45) is 0 Å². The van der Waals surface area contributed by atoms with Gasteiger partial charge in [0.25, 0.3) is 0 Å². The zero-order valence-corrected chi connectivity index (χ0v) is 16.2. The molecule has 0 heterocycles. The minimum absolute atomic E-state index is 0.239. The predicted octanol–water partition coefficient (Wildman–Crippen LogP) is 1.42. The second-order valence-electron chi connectivity index (χ2n) is 6.62. The molecule has 2 N–H and O–H groups in total. The molecule has 7 nitrogen and oxygen atoms in total. The largest absolute Gasteiger partial charge is 0.488 e. The molecule has 1 rings (SSSR count). The molecule has 2 amide bonds. The van der Waals surface area contributed by atoms with Crippen LogP contribution in [0.25, 0.3) is 0 Å². The van der Waals surface area contributed by atoms with Crippen LogP contribution in [-0.2, 0) is 25.5 Å². The molecule has 0 aliphatic carbocycles. The Hall–Kier alpha value is -2.28. The van der Waals surface area contributed by atoms with Crippen molar-refractivity contribution in [3.8, 4) is 5.75 Å². The number of halogens is 1. The summed E-state index contributed by atoms with van der Waals surface area (Å²) in [5, 5.41) is 4.88. The van der Waals surface area contributed by atoms with E-state index in [9.17, 15) is 14.4 Å². The van der Waals surface area contributed by atoms with Gasteiger partial charge in [-0.15, -0.1) is 11.6 Å². The van der Waals surface area contributed by atoms with Crippen molar-refractivity contribution in [1.82, 2.24) is 10.6 Å². The minimum atomic E-state index is -0.866. The first-order valence-corrected chi connectivity index (χ1v) is 8.66. The van der Waals surface area contributed by atoms with Gasteiger partial charge in [-0.3, -0.25) is 9.59 Å². The van der Waals surface area contributed by atoms with Crippen molar-refractivity contribution >= 4 is 29.4 Å². The number of methoxy groups -OCH3 is 1. The van der Waals surface area contributed by atoms with E-state index in [2.05, 4.69) is 10.6 Å². The lowest BCUT2D eigenvalue weighted by Gasteiger charge is -2.21. The van der Waals surface area contributed by atoms with Crippen molar-refractivity contribution in [2.45, 2.75) is 38.8 Å².